The lowest BCUT2D eigenvalue weighted by atomic mass is 9.85. The van der Waals surface area contributed by atoms with Crippen LogP contribution in [-0.2, 0) is 46.3 Å². The van der Waals surface area contributed by atoms with Gasteiger partial charge in [0.05, 0.1) is 6.04 Å². The summed E-state index contributed by atoms with van der Waals surface area (Å²) in [4.78, 5) is 111. The first-order chi connectivity index (χ1) is 34.9. The van der Waals surface area contributed by atoms with Crippen LogP contribution in [0.5, 0.6) is 0 Å². The van der Waals surface area contributed by atoms with Crippen LogP contribution in [0.1, 0.15) is 140 Å². The van der Waals surface area contributed by atoms with Gasteiger partial charge >= 0.3 is 18.2 Å². The second kappa shape index (κ2) is 24.4. The van der Waals surface area contributed by atoms with Gasteiger partial charge in [-0.2, -0.15) is 0 Å². The molecule has 1 aliphatic carbocycles. The summed E-state index contributed by atoms with van der Waals surface area (Å²) in [5.74, 6) is -3.72. The average molecular weight is 1040 g/mol. The van der Waals surface area contributed by atoms with Crippen molar-refractivity contribution < 1.29 is 52.9 Å². The Morgan fingerprint density at radius 3 is 1.76 bits per heavy atom. The van der Waals surface area contributed by atoms with Crippen molar-refractivity contribution in [2.24, 2.45) is 5.41 Å². The van der Waals surface area contributed by atoms with Gasteiger partial charge in [-0.1, -0.05) is 93.6 Å². The third kappa shape index (κ3) is 16.4. The minimum absolute atomic E-state index is 0.00171. The first-order valence-corrected chi connectivity index (χ1v) is 25.5. The van der Waals surface area contributed by atoms with Crippen molar-refractivity contribution in [1.82, 2.24) is 36.0 Å². The number of nitrogens with one attached hydrogen (secondary N) is 4. The van der Waals surface area contributed by atoms with Gasteiger partial charge in [-0.15, -0.1) is 0 Å². The molecule has 1 unspecified atom stereocenters. The summed E-state index contributed by atoms with van der Waals surface area (Å²) in [5.41, 5.74) is 2.40. The molecule has 3 aromatic rings. The minimum atomic E-state index is -1.25. The Balaban J connectivity index is 1.26. The molecule has 1 heterocycles. The van der Waals surface area contributed by atoms with Crippen LogP contribution in [0.15, 0.2) is 72.8 Å². The predicted molar refractivity (Wildman–Crippen MR) is 285 cm³/mol. The third-order valence-electron chi connectivity index (χ3n) is 13.3. The molecular formula is C57H77N7O11. The van der Waals surface area contributed by atoms with Gasteiger partial charge in [-0.25, -0.2) is 14.4 Å². The molecule has 18 nitrogen and oxygen atoms in total. The van der Waals surface area contributed by atoms with Gasteiger partial charge in [0.2, 0.25) is 23.6 Å². The molecule has 5 N–H and O–H groups in total. The summed E-state index contributed by atoms with van der Waals surface area (Å²) < 4.78 is 10.8. The monoisotopic (exact) mass is 1040 g/mol. The number of likely N-dealkylation sites (tertiary alicyclic amines) is 1. The fourth-order valence-corrected chi connectivity index (χ4v) is 8.72. The van der Waals surface area contributed by atoms with Gasteiger partial charge in [-0.05, 0) is 126 Å². The van der Waals surface area contributed by atoms with Gasteiger partial charge in [0.1, 0.15) is 41.4 Å². The van der Waals surface area contributed by atoms with Crippen LogP contribution in [0.2, 0.25) is 0 Å². The molecule has 0 saturated carbocycles. The zero-order valence-corrected chi connectivity index (χ0v) is 45.7. The Morgan fingerprint density at radius 1 is 0.720 bits per heavy atom. The third-order valence-corrected chi connectivity index (χ3v) is 13.3. The fraction of sp³-hybridized carbons (Fsp3) is 0.509. The van der Waals surface area contributed by atoms with E-state index in [9.17, 15) is 43.5 Å². The predicted octanol–water partition coefficient (Wildman–Crippen LogP) is 6.90. The molecule has 3 aromatic carbocycles. The second-order valence-electron chi connectivity index (χ2n) is 22.7. The molecule has 1 fully saturated rings. The molecule has 0 spiro atoms. The maximum Gasteiger partial charge on any atom is 0.410 e. The zero-order chi connectivity index (χ0) is 55.7. The number of fused-ring (bicyclic) bond motifs is 1. The number of carbonyl (C=O) groups excluding carboxylic acids is 7. The number of carboxylic acid groups (broad SMARTS) is 1. The van der Waals surface area contributed by atoms with Crippen LogP contribution < -0.4 is 21.3 Å². The number of amides is 7. The van der Waals surface area contributed by atoms with Crippen molar-refractivity contribution in [3.8, 4) is 0 Å². The van der Waals surface area contributed by atoms with E-state index in [4.69, 9.17) is 9.47 Å². The Hall–Kier alpha value is -7.24. The van der Waals surface area contributed by atoms with E-state index >= 15 is 0 Å². The standard InChI is InChI=1S/C57H77N7O11/c1-34(62(12)53(72)74-56(6,7)8)47(65)60-44(52(70)71)31-38-25-23-36(24-26-38)21-22-37-27-29-40(30-28-37)49(67)58-41-32-45(50(68)59-43-20-16-18-39-17-14-15-19-42(39)43)64(33-41)51(69)46(55(3,4)5)61-48(66)35(2)63(13)54(73)75-57(9,10)11/h14-15,17,19,21-30,34-35,41,43-46H,16,18,20,31-33H2,1-13H3,(H,58,67)(H,59,68)(H,60,65)(H,61,66)(H,70,71)/b22-21+/t34-,35-,41-,43+,44?,45-,46+/m0/s1. The summed E-state index contributed by atoms with van der Waals surface area (Å²) in [5, 5.41) is 21.6. The van der Waals surface area contributed by atoms with Gasteiger partial charge in [0.25, 0.3) is 5.91 Å². The SMILES string of the molecule is C[C@@H](C(=O)NC(Cc1ccc(/C=C/c2ccc(C(=O)N[C@H]3C[C@@H](C(=O)N[C@@H]4CCCc5ccccc54)N(C(=O)[C@@H](NC(=O)[C@H](C)N(C)C(=O)OC(C)(C)C)C(C)(C)C)C3)cc2)cc1)C(=O)O)N(C)C(=O)OC(C)(C)C. The van der Waals surface area contributed by atoms with Crippen molar-refractivity contribution in [2.45, 2.75) is 162 Å². The van der Waals surface area contributed by atoms with Gasteiger partial charge in [0, 0.05) is 38.7 Å². The van der Waals surface area contributed by atoms with Crippen molar-refractivity contribution in [3.63, 3.8) is 0 Å². The van der Waals surface area contributed by atoms with Crippen LogP contribution in [0.25, 0.3) is 12.2 Å². The van der Waals surface area contributed by atoms with Crippen LogP contribution in [0, 0.1) is 5.41 Å². The molecule has 1 saturated heterocycles. The highest BCUT2D eigenvalue weighted by molar-refractivity contribution is 5.97. The molecule has 75 heavy (non-hydrogen) atoms. The summed E-state index contributed by atoms with van der Waals surface area (Å²) >= 11 is 0. The highest BCUT2D eigenvalue weighted by Crippen LogP contribution is 2.32. The lowest BCUT2D eigenvalue weighted by molar-refractivity contribution is -0.144. The minimum Gasteiger partial charge on any atom is -0.480 e. The van der Waals surface area contributed by atoms with E-state index < -0.39 is 94.7 Å². The fourth-order valence-electron chi connectivity index (χ4n) is 8.72. The molecule has 0 radical (unpaired) electrons. The van der Waals surface area contributed by atoms with Crippen LogP contribution in [0.4, 0.5) is 9.59 Å². The molecule has 406 valence electrons. The number of hydrogen-bond acceptors (Lipinski definition) is 10. The highest BCUT2D eigenvalue weighted by atomic mass is 16.6. The quantitative estimate of drug-likeness (QED) is 0.0926. The number of hydrogen-bond donors (Lipinski definition) is 5. The Morgan fingerprint density at radius 2 is 1.24 bits per heavy atom. The van der Waals surface area contributed by atoms with E-state index in [-0.39, 0.29) is 31.3 Å². The van der Waals surface area contributed by atoms with Crippen LogP contribution in [0.3, 0.4) is 0 Å². The summed E-state index contributed by atoms with van der Waals surface area (Å²) in [7, 11) is 2.86. The molecular weight excluding hydrogens is 959 g/mol. The maximum atomic E-state index is 14.8. The Labute approximate surface area is 441 Å². The van der Waals surface area contributed by atoms with E-state index in [0.29, 0.717) is 11.1 Å². The maximum absolute atomic E-state index is 14.8. The van der Waals surface area contributed by atoms with Crippen molar-refractivity contribution in [3.05, 3.63) is 106 Å². The van der Waals surface area contributed by atoms with Crippen molar-refractivity contribution in [1.29, 1.82) is 0 Å². The lowest BCUT2D eigenvalue weighted by Crippen LogP contribution is -2.60. The van der Waals surface area contributed by atoms with Crippen molar-refractivity contribution >= 4 is 59.8 Å². The van der Waals surface area contributed by atoms with E-state index in [1.807, 2.05) is 42.5 Å². The molecule has 1 aliphatic heterocycles. The molecule has 7 amide bonds. The number of ether oxygens (including phenoxy) is 2. The van der Waals surface area contributed by atoms with E-state index in [2.05, 4.69) is 27.3 Å². The van der Waals surface area contributed by atoms with Crippen LogP contribution >= 0.6 is 0 Å². The largest absolute Gasteiger partial charge is 0.480 e. The second-order valence-corrected chi connectivity index (χ2v) is 22.7. The van der Waals surface area contributed by atoms with Gasteiger partial charge < -0.3 is 40.7 Å². The molecule has 0 aromatic heterocycles. The van der Waals surface area contributed by atoms with Crippen molar-refractivity contribution in [2.75, 3.05) is 20.6 Å². The van der Waals surface area contributed by atoms with Crippen LogP contribution in [-0.4, -0.2) is 136 Å². The number of likely N-dealkylation sites (N-methyl/N-ethyl adjacent to an activating group) is 2. The summed E-state index contributed by atoms with van der Waals surface area (Å²) in [6, 6.07) is 15.8. The van der Waals surface area contributed by atoms with Gasteiger partial charge in [-0.3, -0.25) is 33.8 Å². The number of aliphatic carboxylic acids is 1. The van der Waals surface area contributed by atoms with E-state index in [0.717, 1.165) is 46.4 Å². The first kappa shape index (κ1) is 58.6. The number of nitrogens with zero attached hydrogens (tertiary/aromatic N) is 3. The number of carboxylic acids is 1. The molecule has 2 aliphatic rings. The Bertz CT molecular complexity index is 2600. The number of benzene rings is 3. The lowest BCUT2D eigenvalue weighted by Gasteiger charge is -2.37. The molecule has 0 bridgehead atoms. The average Bonchev–Trinajstić information content (AvgIpc) is 3.76. The zero-order valence-electron chi connectivity index (χ0n) is 45.7. The Kier molecular flexibility index (Phi) is 19.1. The van der Waals surface area contributed by atoms with E-state index in [1.54, 1.807) is 106 Å². The smallest absolute Gasteiger partial charge is 0.410 e. The van der Waals surface area contributed by atoms with Gasteiger partial charge in [0.15, 0.2) is 0 Å². The number of rotatable bonds is 16. The topological polar surface area (TPSA) is 233 Å². The first-order valence-electron chi connectivity index (χ1n) is 25.5. The summed E-state index contributed by atoms with van der Waals surface area (Å²) in [6.45, 7) is 18.7. The van der Waals surface area contributed by atoms with E-state index in [1.165, 1.54) is 30.8 Å². The highest BCUT2D eigenvalue weighted by Gasteiger charge is 2.46. The normalized spacial score (nSPS) is 18.3. The molecule has 18 heteroatoms. The number of aryl methyl sites for hydroxylation is 1. The number of carbonyl (C=O) groups is 8. The summed E-state index contributed by atoms with van der Waals surface area (Å²) in [6.07, 6.45) is 4.93. The molecule has 5 rings (SSSR count). The molecule has 7 atom stereocenters.